The number of sulfonamides is 1. The van der Waals surface area contributed by atoms with Gasteiger partial charge in [0.2, 0.25) is 10.0 Å². The Hall–Kier alpha value is -2.22. The van der Waals surface area contributed by atoms with Crippen molar-refractivity contribution in [2.75, 3.05) is 31.5 Å². The van der Waals surface area contributed by atoms with Crippen molar-refractivity contribution in [3.05, 3.63) is 59.7 Å². The monoisotopic (exact) mass is 429 g/mol. The molecule has 1 N–H and O–H groups in total. The van der Waals surface area contributed by atoms with Crippen LogP contribution in [0.1, 0.15) is 49.0 Å². The van der Waals surface area contributed by atoms with Crippen LogP contribution in [0.2, 0.25) is 0 Å². The SMILES string of the molecule is CCN(CC)Cc1cccc(NC(=O)c2cccc(S(=O)(=O)N3CCCCC3)c2)c1. The Labute approximate surface area is 179 Å². The summed E-state index contributed by atoms with van der Waals surface area (Å²) in [5.74, 6) is -0.314. The first-order chi connectivity index (χ1) is 14.4. The van der Waals surface area contributed by atoms with E-state index in [1.54, 1.807) is 18.2 Å². The van der Waals surface area contributed by atoms with Crippen LogP contribution >= 0.6 is 0 Å². The minimum Gasteiger partial charge on any atom is -0.322 e. The van der Waals surface area contributed by atoms with E-state index in [9.17, 15) is 13.2 Å². The van der Waals surface area contributed by atoms with Gasteiger partial charge in [-0.15, -0.1) is 0 Å². The number of rotatable bonds is 8. The summed E-state index contributed by atoms with van der Waals surface area (Å²) in [5.41, 5.74) is 2.16. The Morgan fingerprint density at radius 3 is 2.40 bits per heavy atom. The van der Waals surface area contributed by atoms with Gasteiger partial charge in [-0.25, -0.2) is 8.42 Å². The molecule has 1 aliphatic rings. The number of hydrogen-bond donors (Lipinski definition) is 1. The highest BCUT2D eigenvalue weighted by molar-refractivity contribution is 7.89. The van der Waals surface area contributed by atoms with Crippen LogP contribution in [-0.4, -0.2) is 49.7 Å². The van der Waals surface area contributed by atoms with Gasteiger partial charge in [-0.2, -0.15) is 4.31 Å². The molecular formula is C23H31N3O3S. The molecule has 2 aromatic rings. The minimum absolute atomic E-state index is 0.173. The summed E-state index contributed by atoms with van der Waals surface area (Å²) in [6, 6.07) is 14.1. The minimum atomic E-state index is -3.57. The van der Waals surface area contributed by atoms with Crippen LogP contribution in [0, 0.1) is 0 Å². The molecule has 6 nitrogen and oxygen atoms in total. The van der Waals surface area contributed by atoms with Gasteiger partial charge in [0.1, 0.15) is 0 Å². The van der Waals surface area contributed by atoms with Gasteiger partial charge in [-0.1, -0.05) is 38.5 Å². The zero-order valence-electron chi connectivity index (χ0n) is 17.8. The standard InChI is InChI=1S/C23H31N3O3S/c1-3-25(4-2)18-19-10-8-12-21(16-19)24-23(27)20-11-9-13-22(17-20)30(28,29)26-14-6-5-7-15-26/h8-13,16-17H,3-7,14-15,18H2,1-2H3,(H,24,27). The molecule has 3 rings (SSSR count). The first-order valence-electron chi connectivity index (χ1n) is 10.7. The van der Waals surface area contributed by atoms with Crippen molar-refractivity contribution in [2.24, 2.45) is 0 Å². The highest BCUT2D eigenvalue weighted by Crippen LogP contribution is 2.22. The molecule has 162 valence electrons. The average molecular weight is 430 g/mol. The van der Waals surface area contributed by atoms with E-state index in [0.29, 0.717) is 24.3 Å². The largest absolute Gasteiger partial charge is 0.322 e. The molecule has 0 unspecified atom stereocenters. The first-order valence-corrected chi connectivity index (χ1v) is 12.1. The zero-order valence-corrected chi connectivity index (χ0v) is 18.6. The maximum absolute atomic E-state index is 12.9. The van der Waals surface area contributed by atoms with Crippen molar-refractivity contribution < 1.29 is 13.2 Å². The predicted molar refractivity (Wildman–Crippen MR) is 120 cm³/mol. The fraction of sp³-hybridized carbons (Fsp3) is 0.435. The molecule has 0 atom stereocenters. The Balaban J connectivity index is 1.74. The molecule has 0 aromatic heterocycles. The number of anilines is 1. The van der Waals surface area contributed by atoms with Crippen LogP contribution in [0.4, 0.5) is 5.69 Å². The lowest BCUT2D eigenvalue weighted by atomic mass is 10.1. The van der Waals surface area contributed by atoms with E-state index in [4.69, 9.17) is 0 Å². The molecule has 1 aliphatic heterocycles. The van der Waals surface area contributed by atoms with Gasteiger partial charge in [-0.3, -0.25) is 9.69 Å². The third-order valence-corrected chi connectivity index (χ3v) is 7.43. The number of carbonyl (C=O) groups is 1. The normalized spacial score (nSPS) is 15.3. The van der Waals surface area contributed by atoms with Crippen LogP contribution in [-0.2, 0) is 16.6 Å². The van der Waals surface area contributed by atoms with Crippen molar-refractivity contribution in [1.29, 1.82) is 0 Å². The molecule has 0 aliphatic carbocycles. The summed E-state index contributed by atoms with van der Waals surface area (Å²) in [6.07, 6.45) is 2.81. The summed E-state index contributed by atoms with van der Waals surface area (Å²) in [6.45, 7) is 8.08. The first kappa shape index (κ1) is 22.5. The maximum Gasteiger partial charge on any atom is 0.255 e. The highest BCUT2D eigenvalue weighted by atomic mass is 32.2. The van der Waals surface area contributed by atoms with Gasteiger partial charge in [-0.05, 0) is 61.8 Å². The van der Waals surface area contributed by atoms with Gasteiger partial charge in [0, 0.05) is 30.9 Å². The molecule has 1 heterocycles. The Morgan fingerprint density at radius 1 is 1.00 bits per heavy atom. The summed E-state index contributed by atoms with van der Waals surface area (Å²) >= 11 is 0. The molecular weight excluding hydrogens is 398 g/mol. The summed E-state index contributed by atoms with van der Waals surface area (Å²) < 4.78 is 27.3. The Kier molecular flexibility index (Phi) is 7.64. The van der Waals surface area contributed by atoms with Crippen molar-refractivity contribution in [3.63, 3.8) is 0 Å². The zero-order chi connectivity index (χ0) is 21.6. The van der Waals surface area contributed by atoms with E-state index in [2.05, 4.69) is 24.1 Å². The van der Waals surface area contributed by atoms with Gasteiger partial charge in [0.05, 0.1) is 4.90 Å². The molecule has 0 bridgehead atoms. The molecule has 1 fully saturated rings. The van der Waals surface area contributed by atoms with Crippen LogP contribution in [0.3, 0.4) is 0 Å². The Morgan fingerprint density at radius 2 is 1.70 bits per heavy atom. The Bertz CT molecular complexity index is 965. The second kappa shape index (κ2) is 10.2. The lowest BCUT2D eigenvalue weighted by Crippen LogP contribution is -2.35. The summed E-state index contributed by atoms with van der Waals surface area (Å²) in [7, 11) is -3.57. The molecule has 7 heteroatoms. The van der Waals surface area contributed by atoms with Gasteiger partial charge >= 0.3 is 0 Å². The predicted octanol–water partition coefficient (Wildman–Crippen LogP) is 3.96. The van der Waals surface area contributed by atoms with E-state index < -0.39 is 10.0 Å². The number of amides is 1. The van der Waals surface area contributed by atoms with E-state index in [1.807, 2.05) is 24.3 Å². The maximum atomic E-state index is 12.9. The lowest BCUT2D eigenvalue weighted by Gasteiger charge is -2.26. The van der Waals surface area contributed by atoms with Gasteiger partial charge < -0.3 is 5.32 Å². The van der Waals surface area contributed by atoms with E-state index in [-0.39, 0.29) is 10.8 Å². The van der Waals surface area contributed by atoms with Crippen molar-refractivity contribution in [2.45, 2.75) is 44.6 Å². The second-order valence-corrected chi connectivity index (χ2v) is 9.55. The molecule has 1 saturated heterocycles. The molecule has 30 heavy (non-hydrogen) atoms. The third-order valence-electron chi connectivity index (χ3n) is 5.53. The van der Waals surface area contributed by atoms with Crippen molar-refractivity contribution in [3.8, 4) is 0 Å². The van der Waals surface area contributed by atoms with E-state index in [0.717, 1.165) is 44.5 Å². The van der Waals surface area contributed by atoms with Crippen molar-refractivity contribution >= 4 is 21.6 Å². The molecule has 0 spiro atoms. The fourth-order valence-corrected chi connectivity index (χ4v) is 5.27. The van der Waals surface area contributed by atoms with E-state index >= 15 is 0 Å². The highest BCUT2D eigenvalue weighted by Gasteiger charge is 2.26. The van der Waals surface area contributed by atoms with Gasteiger partial charge in [0.15, 0.2) is 0 Å². The van der Waals surface area contributed by atoms with Crippen LogP contribution in [0.5, 0.6) is 0 Å². The topological polar surface area (TPSA) is 69.7 Å². The fourth-order valence-electron chi connectivity index (χ4n) is 3.71. The van der Waals surface area contributed by atoms with Gasteiger partial charge in [0.25, 0.3) is 5.91 Å². The number of nitrogens with zero attached hydrogens (tertiary/aromatic N) is 2. The van der Waals surface area contributed by atoms with E-state index in [1.165, 1.54) is 10.4 Å². The quantitative estimate of drug-likeness (QED) is 0.690. The number of hydrogen-bond acceptors (Lipinski definition) is 4. The van der Waals surface area contributed by atoms with Crippen LogP contribution in [0.25, 0.3) is 0 Å². The number of carbonyl (C=O) groups excluding carboxylic acids is 1. The molecule has 0 saturated carbocycles. The molecule has 1 amide bonds. The number of benzene rings is 2. The molecule has 2 aromatic carbocycles. The van der Waals surface area contributed by atoms with Crippen LogP contribution in [0.15, 0.2) is 53.4 Å². The third kappa shape index (κ3) is 5.47. The lowest BCUT2D eigenvalue weighted by molar-refractivity contribution is 0.102. The smallest absolute Gasteiger partial charge is 0.255 e. The summed E-state index contributed by atoms with van der Waals surface area (Å²) in [5, 5.41) is 2.90. The molecule has 0 radical (unpaired) electrons. The summed E-state index contributed by atoms with van der Waals surface area (Å²) in [4.78, 5) is 15.3. The number of nitrogens with one attached hydrogen (secondary N) is 1. The average Bonchev–Trinajstić information content (AvgIpc) is 2.78. The second-order valence-electron chi connectivity index (χ2n) is 7.61. The number of piperidine rings is 1. The van der Waals surface area contributed by atoms with Crippen molar-refractivity contribution in [1.82, 2.24) is 9.21 Å². The van der Waals surface area contributed by atoms with Crippen LogP contribution < -0.4 is 5.32 Å².